The summed E-state index contributed by atoms with van der Waals surface area (Å²) in [6, 6.07) is 10.3. The zero-order chi connectivity index (χ0) is 25.7. The Balaban J connectivity index is 1.60. The zero-order valence-corrected chi connectivity index (χ0v) is 20.3. The van der Waals surface area contributed by atoms with E-state index in [0.717, 1.165) is 11.1 Å². The Morgan fingerprint density at radius 1 is 1.14 bits per heavy atom. The van der Waals surface area contributed by atoms with Crippen molar-refractivity contribution in [3.8, 4) is 11.3 Å². The maximum atomic E-state index is 12.7. The molecule has 4 rings (SSSR count). The number of anilines is 2. The van der Waals surface area contributed by atoms with Gasteiger partial charge in [-0.05, 0) is 44.7 Å². The number of aromatic nitrogens is 4. The number of carbonyl (C=O) groups is 2. The van der Waals surface area contributed by atoms with Crippen LogP contribution in [0.25, 0.3) is 16.8 Å². The minimum atomic E-state index is -0.396. The number of nitrogens with two attached hydrogens (primary N) is 1. The van der Waals surface area contributed by atoms with Crippen LogP contribution in [0.5, 0.6) is 0 Å². The molecule has 10 nitrogen and oxygen atoms in total. The van der Waals surface area contributed by atoms with Crippen molar-refractivity contribution in [3.05, 3.63) is 84.1 Å². The number of imidazole rings is 1. The molecule has 184 valence electrons. The van der Waals surface area contributed by atoms with Gasteiger partial charge in [0.2, 0.25) is 5.91 Å². The molecule has 4 aromatic rings. The number of fused-ring (bicyclic) bond motifs is 1. The molecule has 5 N–H and O–H groups in total. The lowest BCUT2D eigenvalue weighted by atomic mass is 10.1. The van der Waals surface area contributed by atoms with Gasteiger partial charge in [0.15, 0.2) is 0 Å². The van der Waals surface area contributed by atoms with Gasteiger partial charge in [0.25, 0.3) is 5.91 Å². The summed E-state index contributed by atoms with van der Waals surface area (Å²) in [5, 5.41) is 8.67. The Hall–Kier alpha value is -4.57. The normalized spacial score (nSPS) is 12.1. The van der Waals surface area contributed by atoms with E-state index < -0.39 is 6.04 Å². The highest BCUT2D eigenvalue weighted by atomic mass is 16.2. The van der Waals surface area contributed by atoms with Crippen LogP contribution >= 0.6 is 0 Å². The van der Waals surface area contributed by atoms with Crippen LogP contribution in [-0.2, 0) is 4.79 Å². The quantitative estimate of drug-likeness (QED) is 0.282. The number of hydrogen-bond acceptors (Lipinski definition) is 7. The molecule has 0 aliphatic carbocycles. The molecule has 0 spiro atoms. The van der Waals surface area contributed by atoms with Crippen LogP contribution in [0.2, 0.25) is 0 Å². The van der Waals surface area contributed by atoms with Crippen LogP contribution in [-0.4, -0.2) is 44.8 Å². The highest BCUT2D eigenvalue weighted by Gasteiger charge is 2.21. The van der Waals surface area contributed by atoms with Gasteiger partial charge in [0.1, 0.15) is 28.7 Å². The lowest BCUT2D eigenvalue weighted by Gasteiger charge is -2.11. The van der Waals surface area contributed by atoms with Gasteiger partial charge in [-0.15, -0.1) is 0 Å². The average Bonchev–Trinajstić information content (AvgIpc) is 3.27. The Kier molecular flexibility index (Phi) is 7.36. The van der Waals surface area contributed by atoms with Gasteiger partial charge in [0.05, 0.1) is 6.04 Å². The molecule has 3 aromatic heterocycles. The van der Waals surface area contributed by atoms with E-state index in [2.05, 4.69) is 25.9 Å². The SMILES string of the molecule is CNC/C=C/C(=O)N[C@@H](C)c1nc(-c2ccc(C(=O)Nc3ccc(C)cn3)cc2)c2c(N)nccn12. The second-order valence-corrected chi connectivity index (χ2v) is 8.29. The summed E-state index contributed by atoms with van der Waals surface area (Å²) in [4.78, 5) is 38.2. The van der Waals surface area contributed by atoms with Crippen molar-refractivity contribution in [2.45, 2.75) is 19.9 Å². The number of benzene rings is 1. The summed E-state index contributed by atoms with van der Waals surface area (Å²) in [6.07, 6.45) is 8.26. The molecule has 0 bridgehead atoms. The van der Waals surface area contributed by atoms with E-state index in [1.807, 2.05) is 31.4 Å². The minimum absolute atomic E-state index is 0.225. The standard InChI is InChI=1S/C26H28N8O2/c1-16-6-11-20(30-15-16)32-26(36)19-9-7-18(8-10-19)22-23-24(27)29-13-14-34(23)25(33-22)17(2)31-21(35)5-4-12-28-3/h4-11,13-15,17,28H,12H2,1-3H3,(H2,27,29)(H,31,35)(H,30,32,36)/b5-4+/t17-/m0/s1. The molecule has 10 heteroatoms. The maximum Gasteiger partial charge on any atom is 0.256 e. The van der Waals surface area contributed by atoms with Crippen LogP contribution in [0, 0.1) is 6.92 Å². The van der Waals surface area contributed by atoms with Crippen LogP contribution in [0.4, 0.5) is 11.6 Å². The second kappa shape index (κ2) is 10.8. The number of amides is 2. The Bertz CT molecular complexity index is 1410. The van der Waals surface area contributed by atoms with Crippen LogP contribution < -0.4 is 21.7 Å². The highest BCUT2D eigenvalue weighted by Crippen LogP contribution is 2.30. The van der Waals surface area contributed by atoms with Crippen molar-refractivity contribution < 1.29 is 9.59 Å². The van der Waals surface area contributed by atoms with E-state index in [9.17, 15) is 9.59 Å². The number of nitrogen functional groups attached to an aromatic ring is 1. The number of hydrogen-bond donors (Lipinski definition) is 4. The molecule has 0 saturated heterocycles. The lowest BCUT2D eigenvalue weighted by Crippen LogP contribution is -2.26. The molecule has 36 heavy (non-hydrogen) atoms. The molecular weight excluding hydrogens is 456 g/mol. The molecule has 2 amide bonds. The minimum Gasteiger partial charge on any atom is -0.382 e. The van der Waals surface area contributed by atoms with Gasteiger partial charge in [-0.25, -0.2) is 15.0 Å². The first kappa shape index (κ1) is 24.6. The van der Waals surface area contributed by atoms with Crippen LogP contribution in [0.1, 0.15) is 34.7 Å². The molecule has 0 radical (unpaired) electrons. The van der Waals surface area contributed by atoms with Gasteiger partial charge in [-0.2, -0.15) is 0 Å². The number of pyridine rings is 1. The second-order valence-electron chi connectivity index (χ2n) is 8.29. The van der Waals surface area contributed by atoms with Crippen molar-refractivity contribution in [3.63, 3.8) is 0 Å². The molecule has 0 saturated carbocycles. The van der Waals surface area contributed by atoms with Crippen LogP contribution in [0.3, 0.4) is 0 Å². The first-order chi connectivity index (χ1) is 17.4. The summed E-state index contributed by atoms with van der Waals surface area (Å²) in [5.74, 6) is 0.909. The predicted molar refractivity (Wildman–Crippen MR) is 139 cm³/mol. The molecule has 1 atom stereocenters. The fraction of sp³-hybridized carbons (Fsp3) is 0.192. The predicted octanol–water partition coefficient (Wildman–Crippen LogP) is 2.89. The summed E-state index contributed by atoms with van der Waals surface area (Å²) in [5.41, 5.74) is 9.70. The van der Waals surface area contributed by atoms with Gasteiger partial charge in [-0.3, -0.25) is 14.0 Å². The summed E-state index contributed by atoms with van der Waals surface area (Å²) >= 11 is 0. The molecular formula is C26H28N8O2. The van der Waals surface area contributed by atoms with E-state index in [-0.39, 0.29) is 11.8 Å². The number of carbonyl (C=O) groups excluding carboxylic acids is 2. The van der Waals surface area contributed by atoms with Crippen molar-refractivity contribution in [2.24, 2.45) is 0 Å². The molecule has 0 unspecified atom stereocenters. The Morgan fingerprint density at radius 3 is 2.61 bits per heavy atom. The van der Waals surface area contributed by atoms with Gasteiger partial charge in [0, 0.05) is 42.3 Å². The number of nitrogens with zero attached hydrogens (tertiary/aromatic N) is 4. The van der Waals surface area contributed by atoms with Gasteiger partial charge in [-0.1, -0.05) is 24.3 Å². The molecule has 1 aromatic carbocycles. The first-order valence-corrected chi connectivity index (χ1v) is 11.5. The summed E-state index contributed by atoms with van der Waals surface area (Å²) in [7, 11) is 1.81. The third-order valence-corrected chi connectivity index (χ3v) is 5.52. The van der Waals surface area contributed by atoms with Crippen molar-refractivity contribution in [2.75, 3.05) is 24.6 Å². The third kappa shape index (κ3) is 5.39. The van der Waals surface area contributed by atoms with E-state index in [0.29, 0.717) is 40.8 Å². The molecule has 3 heterocycles. The Labute approximate surface area is 208 Å². The first-order valence-electron chi connectivity index (χ1n) is 11.5. The van der Waals surface area contributed by atoms with Crippen molar-refractivity contribution >= 4 is 29.0 Å². The fourth-order valence-corrected chi connectivity index (χ4v) is 3.71. The number of rotatable bonds is 8. The highest BCUT2D eigenvalue weighted by molar-refractivity contribution is 6.04. The van der Waals surface area contributed by atoms with E-state index >= 15 is 0 Å². The van der Waals surface area contributed by atoms with Crippen molar-refractivity contribution in [1.82, 2.24) is 30.0 Å². The monoisotopic (exact) mass is 484 g/mol. The molecule has 0 aliphatic rings. The van der Waals surface area contributed by atoms with Gasteiger partial charge >= 0.3 is 0 Å². The van der Waals surface area contributed by atoms with Crippen molar-refractivity contribution in [1.29, 1.82) is 0 Å². The smallest absolute Gasteiger partial charge is 0.256 e. The fourth-order valence-electron chi connectivity index (χ4n) is 3.71. The lowest BCUT2D eigenvalue weighted by molar-refractivity contribution is -0.117. The van der Waals surface area contributed by atoms with E-state index in [4.69, 9.17) is 10.7 Å². The maximum absolute atomic E-state index is 12.7. The van der Waals surface area contributed by atoms with E-state index in [1.165, 1.54) is 6.08 Å². The number of likely N-dealkylation sites (N-methyl/N-ethyl adjacent to an activating group) is 1. The topological polar surface area (TPSA) is 139 Å². The molecule has 0 aliphatic heterocycles. The number of nitrogens with one attached hydrogen (secondary N) is 3. The van der Waals surface area contributed by atoms with Gasteiger partial charge < -0.3 is 21.7 Å². The summed E-state index contributed by atoms with van der Waals surface area (Å²) in [6.45, 7) is 4.38. The molecule has 0 fully saturated rings. The average molecular weight is 485 g/mol. The van der Waals surface area contributed by atoms with E-state index in [1.54, 1.807) is 55.0 Å². The Morgan fingerprint density at radius 2 is 1.92 bits per heavy atom. The number of aryl methyl sites for hydroxylation is 1. The van der Waals surface area contributed by atoms with Crippen LogP contribution in [0.15, 0.2) is 67.1 Å². The summed E-state index contributed by atoms with van der Waals surface area (Å²) < 4.78 is 1.82. The third-order valence-electron chi connectivity index (χ3n) is 5.52. The zero-order valence-electron chi connectivity index (χ0n) is 20.3. The largest absolute Gasteiger partial charge is 0.382 e.